The van der Waals surface area contributed by atoms with Gasteiger partial charge in [-0.3, -0.25) is 0 Å². The summed E-state index contributed by atoms with van der Waals surface area (Å²) in [4.78, 5) is 15.2. The van der Waals surface area contributed by atoms with Crippen LogP contribution in [0.4, 0.5) is 0 Å². The van der Waals surface area contributed by atoms with Gasteiger partial charge in [-0.05, 0) is 13.0 Å². The van der Waals surface area contributed by atoms with Gasteiger partial charge >= 0.3 is 5.97 Å². The normalized spacial score (nSPS) is 12.4. The molecule has 2 aromatic rings. The van der Waals surface area contributed by atoms with E-state index in [4.69, 9.17) is 5.11 Å². The first kappa shape index (κ1) is 12.3. The van der Waals surface area contributed by atoms with Crippen molar-refractivity contribution >= 4 is 5.97 Å². The fraction of sp³-hybridized carbons (Fsp3) is 0.231. The van der Waals surface area contributed by atoms with E-state index in [1.807, 2.05) is 6.92 Å². The number of aryl methyl sites for hydroxylation is 1. The molecule has 0 aliphatic carbocycles. The fourth-order valence-electron chi connectivity index (χ4n) is 1.86. The third-order valence-electron chi connectivity index (χ3n) is 3.02. The largest absolute Gasteiger partial charge is 0.478 e. The molecular weight excluding hydrogens is 232 g/mol. The molecule has 0 aliphatic rings. The summed E-state index contributed by atoms with van der Waals surface area (Å²) < 4.78 is 1.74. The Kier molecular flexibility index (Phi) is 3.16. The van der Waals surface area contributed by atoms with Gasteiger partial charge in [0.2, 0.25) is 0 Å². The van der Waals surface area contributed by atoms with E-state index in [-0.39, 0.29) is 5.56 Å². The Hall–Kier alpha value is -2.14. The lowest BCUT2D eigenvalue weighted by atomic mass is 10.0. The van der Waals surface area contributed by atoms with Gasteiger partial charge in [0.1, 0.15) is 11.9 Å². The average molecular weight is 246 g/mol. The zero-order chi connectivity index (χ0) is 13.3. The molecule has 1 atom stereocenters. The van der Waals surface area contributed by atoms with Gasteiger partial charge < -0.3 is 14.8 Å². The lowest BCUT2D eigenvalue weighted by molar-refractivity contribution is 0.0691. The lowest BCUT2D eigenvalue weighted by Crippen LogP contribution is -2.11. The highest BCUT2D eigenvalue weighted by atomic mass is 16.4. The summed E-state index contributed by atoms with van der Waals surface area (Å²) >= 11 is 0. The summed E-state index contributed by atoms with van der Waals surface area (Å²) in [6.45, 7) is 1.82. The van der Waals surface area contributed by atoms with E-state index in [0.29, 0.717) is 11.3 Å². The number of aromatic carboxylic acids is 1. The quantitative estimate of drug-likeness (QED) is 0.860. The van der Waals surface area contributed by atoms with Crippen LogP contribution in [0.1, 0.15) is 33.5 Å². The van der Waals surface area contributed by atoms with Crippen molar-refractivity contribution in [2.45, 2.75) is 13.0 Å². The van der Waals surface area contributed by atoms with Crippen LogP contribution in [0, 0.1) is 6.92 Å². The molecule has 0 saturated carbocycles. The van der Waals surface area contributed by atoms with E-state index in [0.717, 1.165) is 5.82 Å². The predicted octanol–water partition coefficient (Wildman–Crippen LogP) is 1.51. The zero-order valence-corrected chi connectivity index (χ0v) is 10.2. The molecule has 0 amide bonds. The molecule has 18 heavy (non-hydrogen) atoms. The predicted molar refractivity (Wildman–Crippen MR) is 65.4 cm³/mol. The molecule has 0 fully saturated rings. The van der Waals surface area contributed by atoms with E-state index in [1.54, 1.807) is 36.0 Å². The van der Waals surface area contributed by atoms with Crippen LogP contribution in [0.3, 0.4) is 0 Å². The number of rotatable bonds is 3. The maximum Gasteiger partial charge on any atom is 0.336 e. The van der Waals surface area contributed by atoms with Gasteiger partial charge in [0, 0.05) is 12.6 Å². The smallest absolute Gasteiger partial charge is 0.336 e. The van der Waals surface area contributed by atoms with Crippen molar-refractivity contribution in [3.63, 3.8) is 0 Å². The van der Waals surface area contributed by atoms with Crippen LogP contribution in [-0.4, -0.2) is 25.7 Å². The lowest BCUT2D eigenvalue weighted by Gasteiger charge is -2.14. The monoisotopic (exact) mass is 246 g/mol. The highest BCUT2D eigenvalue weighted by molar-refractivity contribution is 5.89. The van der Waals surface area contributed by atoms with Crippen molar-refractivity contribution in [1.82, 2.24) is 9.55 Å². The molecule has 0 radical (unpaired) electrons. The average Bonchev–Trinajstić information content (AvgIpc) is 2.69. The van der Waals surface area contributed by atoms with Crippen molar-refractivity contribution in [3.8, 4) is 0 Å². The first-order valence-electron chi connectivity index (χ1n) is 5.51. The number of carbonyl (C=O) groups is 1. The van der Waals surface area contributed by atoms with Gasteiger partial charge in [-0.25, -0.2) is 9.78 Å². The number of carboxylic acids is 1. The van der Waals surface area contributed by atoms with E-state index in [1.165, 1.54) is 6.07 Å². The van der Waals surface area contributed by atoms with E-state index in [9.17, 15) is 9.90 Å². The molecule has 5 nitrogen and oxygen atoms in total. The number of nitrogens with zero attached hydrogens (tertiary/aromatic N) is 2. The van der Waals surface area contributed by atoms with Crippen molar-refractivity contribution in [3.05, 3.63) is 53.1 Å². The molecule has 0 aliphatic heterocycles. The molecule has 2 rings (SSSR count). The summed E-state index contributed by atoms with van der Waals surface area (Å²) in [7, 11) is 1.78. The number of hydrogen-bond acceptors (Lipinski definition) is 3. The molecule has 0 saturated heterocycles. The number of aromatic nitrogens is 2. The molecule has 2 N–H and O–H groups in total. The maximum atomic E-state index is 11.1. The van der Waals surface area contributed by atoms with Gasteiger partial charge in [0.05, 0.1) is 17.5 Å². The van der Waals surface area contributed by atoms with Crippen LogP contribution in [0.25, 0.3) is 0 Å². The number of carboxylic acid groups (broad SMARTS) is 1. The standard InChI is InChI=1S/C13H14N2O3/c1-8-14-7-11(15(8)2)12(16)9-5-3-4-6-10(9)13(17)18/h3-7,12,16H,1-2H3,(H,17,18). The molecule has 1 unspecified atom stereocenters. The van der Waals surface area contributed by atoms with Crippen molar-refractivity contribution in [2.75, 3.05) is 0 Å². The second kappa shape index (κ2) is 4.62. The van der Waals surface area contributed by atoms with Crippen LogP contribution in [0.5, 0.6) is 0 Å². The van der Waals surface area contributed by atoms with Gasteiger partial charge in [-0.15, -0.1) is 0 Å². The number of aliphatic hydroxyl groups is 1. The van der Waals surface area contributed by atoms with Gasteiger partial charge in [-0.2, -0.15) is 0 Å². The Balaban J connectivity index is 2.49. The second-order valence-electron chi connectivity index (χ2n) is 4.08. The Bertz CT molecular complexity index is 590. The van der Waals surface area contributed by atoms with Crippen molar-refractivity contribution < 1.29 is 15.0 Å². The topological polar surface area (TPSA) is 75.3 Å². The highest BCUT2D eigenvalue weighted by Crippen LogP contribution is 2.25. The van der Waals surface area contributed by atoms with Gasteiger partial charge in [0.15, 0.2) is 0 Å². The highest BCUT2D eigenvalue weighted by Gasteiger charge is 2.20. The number of hydrogen-bond donors (Lipinski definition) is 2. The minimum Gasteiger partial charge on any atom is -0.478 e. The maximum absolute atomic E-state index is 11.1. The first-order chi connectivity index (χ1) is 8.52. The zero-order valence-electron chi connectivity index (χ0n) is 10.2. The minimum atomic E-state index is -1.05. The van der Waals surface area contributed by atoms with Gasteiger partial charge in [0.25, 0.3) is 0 Å². The Labute approximate surface area is 104 Å². The minimum absolute atomic E-state index is 0.101. The first-order valence-corrected chi connectivity index (χ1v) is 5.51. The molecule has 0 spiro atoms. The summed E-state index contributed by atoms with van der Waals surface area (Å²) in [5.41, 5.74) is 1.04. The van der Waals surface area contributed by atoms with Crippen molar-refractivity contribution in [2.24, 2.45) is 7.05 Å². The Morgan fingerprint density at radius 1 is 1.39 bits per heavy atom. The molecule has 1 heterocycles. The molecule has 1 aromatic carbocycles. The summed E-state index contributed by atoms with van der Waals surface area (Å²) in [5.74, 6) is -0.291. The molecule has 5 heteroatoms. The van der Waals surface area contributed by atoms with Crippen LogP contribution in [0.2, 0.25) is 0 Å². The van der Waals surface area contributed by atoms with Crippen LogP contribution in [0.15, 0.2) is 30.5 Å². The summed E-state index contributed by atoms with van der Waals surface area (Å²) in [6, 6.07) is 6.42. The number of aliphatic hydroxyl groups excluding tert-OH is 1. The van der Waals surface area contributed by atoms with E-state index < -0.39 is 12.1 Å². The number of benzene rings is 1. The van der Waals surface area contributed by atoms with Crippen LogP contribution < -0.4 is 0 Å². The SMILES string of the molecule is Cc1ncc(C(O)c2ccccc2C(=O)O)n1C. The Morgan fingerprint density at radius 2 is 2.06 bits per heavy atom. The molecule has 0 bridgehead atoms. The van der Waals surface area contributed by atoms with Crippen LogP contribution in [-0.2, 0) is 7.05 Å². The summed E-state index contributed by atoms with van der Waals surface area (Å²) in [5, 5.41) is 19.4. The third kappa shape index (κ3) is 2.00. The van der Waals surface area contributed by atoms with E-state index in [2.05, 4.69) is 4.98 Å². The molecule has 1 aromatic heterocycles. The fourth-order valence-corrected chi connectivity index (χ4v) is 1.86. The second-order valence-corrected chi connectivity index (χ2v) is 4.08. The van der Waals surface area contributed by atoms with Crippen molar-refractivity contribution in [1.29, 1.82) is 0 Å². The Morgan fingerprint density at radius 3 is 2.61 bits per heavy atom. The van der Waals surface area contributed by atoms with E-state index >= 15 is 0 Å². The van der Waals surface area contributed by atoms with Crippen LogP contribution >= 0.6 is 0 Å². The molecular formula is C13H14N2O3. The number of imidazole rings is 1. The third-order valence-corrected chi connectivity index (χ3v) is 3.02. The molecule has 94 valence electrons. The van der Waals surface area contributed by atoms with Gasteiger partial charge in [-0.1, -0.05) is 18.2 Å². The summed E-state index contributed by atoms with van der Waals surface area (Å²) in [6.07, 6.45) is 0.557.